The smallest absolute Gasteiger partial charge is 0.214 e. The highest BCUT2D eigenvalue weighted by Gasteiger charge is 2.31. The highest BCUT2D eigenvalue weighted by atomic mass is 32.2. The first-order valence-electron chi connectivity index (χ1n) is 8.59. The number of fused-ring (bicyclic) bond motifs is 1. The van der Waals surface area contributed by atoms with Crippen LogP contribution in [0.2, 0.25) is 0 Å². The highest BCUT2D eigenvalue weighted by molar-refractivity contribution is 7.89. The molecule has 3 heterocycles. The van der Waals surface area contributed by atoms with Crippen molar-refractivity contribution in [2.75, 3.05) is 32.4 Å². The summed E-state index contributed by atoms with van der Waals surface area (Å²) in [5.41, 5.74) is 0. The molecule has 0 radical (unpaired) electrons. The second-order valence-electron chi connectivity index (χ2n) is 6.71. The minimum absolute atomic E-state index is 0.236. The summed E-state index contributed by atoms with van der Waals surface area (Å²) < 4.78 is 28.5. The first-order chi connectivity index (χ1) is 11.0. The number of nitrogens with zero attached hydrogens (tertiary/aromatic N) is 5. The Hall–Kier alpha value is -0.990. The van der Waals surface area contributed by atoms with E-state index in [0.29, 0.717) is 32.0 Å². The Bertz CT molecular complexity index is 634. The van der Waals surface area contributed by atoms with Crippen molar-refractivity contribution in [2.24, 2.45) is 0 Å². The van der Waals surface area contributed by atoms with Crippen LogP contribution in [0.15, 0.2) is 0 Å². The molecular weight excluding hydrogens is 314 g/mol. The zero-order valence-corrected chi connectivity index (χ0v) is 14.9. The molecule has 23 heavy (non-hydrogen) atoms. The molecule has 0 saturated carbocycles. The van der Waals surface area contributed by atoms with Gasteiger partial charge in [0.1, 0.15) is 11.6 Å². The van der Waals surface area contributed by atoms with Crippen LogP contribution in [0, 0.1) is 0 Å². The molecule has 2 aliphatic heterocycles. The fraction of sp³-hybridized carbons (Fsp3) is 0.867. The van der Waals surface area contributed by atoms with E-state index in [0.717, 1.165) is 44.0 Å². The summed E-state index contributed by atoms with van der Waals surface area (Å²) in [6, 6.07) is 0. The van der Waals surface area contributed by atoms with Gasteiger partial charge >= 0.3 is 0 Å². The minimum atomic E-state index is -3.17. The van der Waals surface area contributed by atoms with Gasteiger partial charge in [-0.3, -0.25) is 0 Å². The van der Waals surface area contributed by atoms with Crippen LogP contribution in [-0.4, -0.2) is 64.8 Å². The van der Waals surface area contributed by atoms with Gasteiger partial charge in [-0.15, -0.1) is 10.2 Å². The van der Waals surface area contributed by atoms with Crippen LogP contribution in [0.3, 0.4) is 0 Å². The fourth-order valence-corrected chi connectivity index (χ4v) is 5.00. The second-order valence-corrected chi connectivity index (χ2v) is 8.80. The van der Waals surface area contributed by atoms with Crippen molar-refractivity contribution in [2.45, 2.75) is 51.6 Å². The van der Waals surface area contributed by atoms with Gasteiger partial charge in [0.15, 0.2) is 0 Å². The molecule has 0 atom stereocenters. The average Bonchev–Trinajstić information content (AvgIpc) is 2.97. The topological polar surface area (TPSA) is 71.3 Å². The Morgan fingerprint density at radius 3 is 2.57 bits per heavy atom. The maximum Gasteiger partial charge on any atom is 0.214 e. The predicted octanol–water partition coefficient (Wildman–Crippen LogP) is 1.03. The van der Waals surface area contributed by atoms with Gasteiger partial charge in [-0.05, 0) is 39.4 Å². The molecule has 1 aromatic heterocycles. The SMILES string of the molecule is CCCCS(=O)(=O)N1CCn2c(nnc2C2CCN(C)CC2)C1. The van der Waals surface area contributed by atoms with Gasteiger partial charge in [-0.1, -0.05) is 13.3 Å². The number of hydrogen-bond acceptors (Lipinski definition) is 5. The predicted molar refractivity (Wildman–Crippen MR) is 88.6 cm³/mol. The number of aromatic nitrogens is 3. The largest absolute Gasteiger partial charge is 0.312 e. The van der Waals surface area contributed by atoms with Crippen molar-refractivity contribution in [1.82, 2.24) is 24.0 Å². The maximum absolute atomic E-state index is 12.4. The van der Waals surface area contributed by atoms with E-state index in [1.54, 1.807) is 4.31 Å². The number of piperidine rings is 1. The van der Waals surface area contributed by atoms with E-state index in [2.05, 4.69) is 26.7 Å². The first kappa shape index (κ1) is 16.9. The fourth-order valence-electron chi connectivity index (χ4n) is 3.42. The lowest BCUT2D eigenvalue weighted by atomic mass is 9.96. The van der Waals surface area contributed by atoms with Gasteiger partial charge in [0.25, 0.3) is 0 Å². The number of rotatable bonds is 5. The Morgan fingerprint density at radius 1 is 1.13 bits per heavy atom. The molecule has 0 bridgehead atoms. The van der Waals surface area contributed by atoms with Crippen LogP contribution in [0.4, 0.5) is 0 Å². The minimum Gasteiger partial charge on any atom is -0.312 e. The zero-order valence-electron chi connectivity index (χ0n) is 14.1. The third kappa shape index (κ3) is 3.59. The summed E-state index contributed by atoms with van der Waals surface area (Å²) in [6.07, 6.45) is 3.82. The molecule has 1 saturated heterocycles. The Balaban J connectivity index is 1.71. The van der Waals surface area contributed by atoms with E-state index < -0.39 is 10.0 Å². The lowest BCUT2D eigenvalue weighted by Gasteiger charge is -2.31. The average molecular weight is 341 g/mol. The van der Waals surface area contributed by atoms with Gasteiger partial charge in [-0.25, -0.2) is 8.42 Å². The van der Waals surface area contributed by atoms with Gasteiger partial charge in [-0.2, -0.15) is 4.31 Å². The summed E-state index contributed by atoms with van der Waals surface area (Å²) >= 11 is 0. The summed E-state index contributed by atoms with van der Waals surface area (Å²) in [7, 11) is -1.02. The number of likely N-dealkylation sites (tertiary alicyclic amines) is 1. The normalized spacial score (nSPS) is 21.5. The van der Waals surface area contributed by atoms with Crippen LogP contribution in [0.25, 0.3) is 0 Å². The molecule has 8 heteroatoms. The highest BCUT2D eigenvalue weighted by Crippen LogP contribution is 2.28. The van der Waals surface area contributed by atoms with Crippen LogP contribution >= 0.6 is 0 Å². The van der Waals surface area contributed by atoms with Gasteiger partial charge in [0.2, 0.25) is 10.0 Å². The van der Waals surface area contributed by atoms with Gasteiger partial charge in [0.05, 0.1) is 12.3 Å². The molecule has 0 aliphatic carbocycles. The molecular formula is C15H27N5O2S. The molecule has 0 spiro atoms. The molecule has 0 aromatic carbocycles. The third-order valence-electron chi connectivity index (χ3n) is 4.98. The monoisotopic (exact) mass is 341 g/mol. The van der Waals surface area contributed by atoms with Crippen molar-refractivity contribution in [3.8, 4) is 0 Å². The Kier molecular flexibility index (Phi) is 5.03. The Labute approximate surface area is 138 Å². The summed E-state index contributed by atoms with van der Waals surface area (Å²) in [5.74, 6) is 2.54. The van der Waals surface area contributed by atoms with Gasteiger partial charge < -0.3 is 9.47 Å². The number of unbranched alkanes of at least 4 members (excludes halogenated alkanes) is 1. The summed E-state index contributed by atoms with van der Waals surface area (Å²) in [4.78, 5) is 2.34. The second kappa shape index (κ2) is 6.86. The van der Waals surface area contributed by atoms with Crippen molar-refractivity contribution >= 4 is 10.0 Å². The molecule has 1 fully saturated rings. The van der Waals surface area contributed by atoms with E-state index in [1.807, 2.05) is 6.92 Å². The van der Waals surface area contributed by atoms with Crippen molar-refractivity contribution in [3.63, 3.8) is 0 Å². The standard InChI is InChI=1S/C15H27N5O2S/c1-3-4-11-23(21,22)19-9-10-20-14(12-19)16-17-15(20)13-5-7-18(2)8-6-13/h13H,3-12H2,1-2H3. The first-order valence-corrected chi connectivity index (χ1v) is 10.2. The molecule has 1 aromatic rings. The molecule has 0 amide bonds. The van der Waals surface area contributed by atoms with E-state index >= 15 is 0 Å². The van der Waals surface area contributed by atoms with E-state index in [4.69, 9.17) is 0 Å². The molecule has 2 aliphatic rings. The number of hydrogen-bond donors (Lipinski definition) is 0. The van der Waals surface area contributed by atoms with E-state index in [-0.39, 0.29) is 5.75 Å². The Morgan fingerprint density at radius 2 is 1.87 bits per heavy atom. The van der Waals surface area contributed by atoms with E-state index in [1.165, 1.54) is 0 Å². The van der Waals surface area contributed by atoms with Crippen LogP contribution in [-0.2, 0) is 23.1 Å². The van der Waals surface area contributed by atoms with Crippen molar-refractivity contribution < 1.29 is 8.42 Å². The lowest BCUT2D eigenvalue weighted by Crippen LogP contribution is -2.40. The van der Waals surface area contributed by atoms with E-state index in [9.17, 15) is 8.42 Å². The number of sulfonamides is 1. The van der Waals surface area contributed by atoms with Crippen molar-refractivity contribution in [1.29, 1.82) is 0 Å². The molecule has 0 N–H and O–H groups in total. The van der Waals surface area contributed by atoms with Crippen LogP contribution in [0.5, 0.6) is 0 Å². The van der Waals surface area contributed by atoms with Crippen LogP contribution in [0.1, 0.15) is 50.2 Å². The molecule has 0 unspecified atom stereocenters. The third-order valence-corrected chi connectivity index (χ3v) is 6.88. The molecule has 7 nitrogen and oxygen atoms in total. The quantitative estimate of drug-likeness (QED) is 0.800. The maximum atomic E-state index is 12.4. The summed E-state index contributed by atoms with van der Waals surface area (Å²) in [6.45, 7) is 5.77. The zero-order chi connectivity index (χ0) is 16.4. The van der Waals surface area contributed by atoms with Crippen LogP contribution < -0.4 is 0 Å². The van der Waals surface area contributed by atoms with Crippen molar-refractivity contribution in [3.05, 3.63) is 11.6 Å². The van der Waals surface area contributed by atoms with Gasteiger partial charge in [0, 0.05) is 19.0 Å². The lowest BCUT2D eigenvalue weighted by molar-refractivity contribution is 0.245. The molecule has 3 rings (SSSR count). The summed E-state index contributed by atoms with van der Waals surface area (Å²) in [5, 5.41) is 8.69. The molecule has 130 valence electrons.